The first-order valence-electron chi connectivity index (χ1n) is 14.6. The van der Waals surface area contributed by atoms with Gasteiger partial charge >= 0.3 is 0 Å². The molecule has 2 fully saturated rings. The Bertz CT molecular complexity index is 1040. The van der Waals surface area contributed by atoms with Gasteiger partial charge in [0, 0.05) is 18.1 Å². The molecule has 0 spiro atoms. The van der Waals surface area contributed by atoms with Crippen LogP contribution in [0.15, 0.2) is 47.1 Å². The number of aldehydes is 1. The average molecular weight is 520 g/mol. The summed E-state index contributed by atoms with van der Waals surface area (Å²) in [6.07, 6.45) is 10.7. The van der Waals surface area contributed by atoms with Crippen LogP contribution in [0, 0.1) is 40.4 Å². The van der Waals surface area contributed by atoms with E-state index in [1.807, 2.05) is 39.8 Å². The van der Waals surface area contributed by atoms with Gasteiger partial charge in [0.15, 0.2) is 0 Å². The molecule has 4 rings (SSSR count). The summed E-state index contributed by atoms with van der Waals surface area (Å²) in [5, 5.41) is 26.2. The minimum Gasteiger partial charge on any atom is -0.396 e. The highest BCUT2D eigenvalue weighted by Gasteiger charge is 2.56. The number of fused-ring (bicyclic) bond motifs is 3. The van der Waals surface area contributed by atoms with Crippen LogP contribution < -0.4 is 0 Å². The van der Waals surface area contributed by atoms with Gasteiger partial charge in [0.05, 0.1) is 12.3 Å². The molecule has 5 atom stereocenters. The van der Waals surface area contributed by atoms with E-state index in [9.17, 15) is 9.90 Å². The van der Waals surface area contributed by atoms with Gasteiger partial charge in [0.25, 0.3) is 0 Å². The fraction of sp³-hybridized carbons (Fsp3) is 0.588. The van der Waals surface area contributed by atoms with E-state index in [2.05, 4.69) is 37.8 Å². The molecular weight excluding hydrogens is 470 g/mol. The Labute approximate surface area is 231 Å². The van der Waals surface area contributed by atoms with Crippen LogP contribution in [0.3, 0.4) is 0 Å². The molecule has 38 heavy (non-hydrogen) atoms. The van der Waals surface area contributed by atoms with Gasteiger partial charge in [-0.05, 0) is 96.6 Å². The number of benzene rings is 1. The maximum absolute atomic E-state index is 11.4. The Balaban J connectivity index is 0.000000651. The fourth-order valence-corrected chi connectivity index (χ4v) is 6.69. The van der Waals surface area contributed by atoms with Crippen LogP contribution in [0.25, 0.3) is 0 Å². The quantitative estimate of drug-likeness (QED) is 0.166. The lowest BCUT2D eigenvalue weighted by Gasteiger charge is -2.51. The van der Waals surface area contributed by atoms with E-state index in [-0.39, 0.29) is 17.4 Å². The third-order valence-electron chi connectivity index (χ3n) is 8.46. The number of nitrogens with one attached hydrogen (secondary N) is 1. The van der Waals surface area contributed by atoms with Gasteiger partial charge in [0.2, 0.25) is 0 Å². The number of rotatable bonds is 5. The maximum Gasteiger partial charge on any atom is 0.143 e. The predicted octanol–water partition coefficient (Wildman–Crippen LogP) is 7.25. The van der Waals surface area contributed by atoms with E-state index in [0.29, 0.717) is 24.4 Å². The fourth-order valence-electron chi connectivity index (χ4n) is 6.69. The second-order valence-electron chi connectivity index (χ2n) is 11.2. The lowest BCUT2D eigenvalue weighted by atomic mass is 9.53. The number of carbonyl (C=O) groups excluding carboxylic acids is 1. The second kappa shape index (κ2) is 15.2. The molecule has 3 aliphatic rings. The molecule has 3 aliphatic carbocycles. The number of aliphatic hydroxyl groups is 2. The highest BCUT2D eigenvalue weighted by molar-refractivity contribution is 5.76. The van der Waals surface area contributed by atoms with Gasteiger partial charge in [-0.15, -0.1) is 0 Å². The van der Waals surface area contributed by atoms with Crippen LogP contribution in [0.4, 0.5) is 0 Å². The van der Waals surface area contributed by atoms with Crippen molar-refractivity contribution in [3.8, 4) is 11.8 Å². The van der Waals surface area contributed by atoms with Gasteiger partial charge < -0.3 is 10.2 Å². The van der Waals surface area contributed by atoms with Gasteiger partial charge in [0.1, 0.15) is 6.29 Å². The largest absolute Gasteiger partial charge is 0.396 e. The predicted molar refractivity (Wildman–Crippen MR) is 158 cm³/mol. The van der Waals surface area contributed by atoms with Crippen molar-refractivity contribution in [1.29, 1.82) is 5.41 Å². The lowest BCUT2D eigenvalue weighted by molar-refractivity contribution is -0.104. The van der Waals surface area contributed by atoms with E-state index in [0.717, 1.165) is 63.0 Å². The zero-order valence-electron chi connectivity index (χ0n) is 24.4. The number of aliphatic hydroxyl groups excluding tert-OH is 2. The van der Waals surface area contributed by atoms with Crippen LogP contribution in [-0.2, 0) is 4.79 Å². The Morgan fingerprint density at radius 2 is 1.82 bits per heavy atom. The van der Waals surface area contributed by atoms with Crippen molar-refractivity contribution in [2.45, 2.75) is 98.5 Å². The summed E-state index contributed by atoms with van der Waals surface area (Å²) < 4.78 is 0. The standard InChI is InChI=1S/C28H33NO2.C4H10O.C2H6/c1-3-5-22-21(15-17-30)11-12-23-25-13-14-26(31)28(25,2)18-24(27(22)23)20-9-7-19(8-10-20)6-4-16-29;1-4(2)3-5;1-2/h7-10,15-17,23-26,29,31H,3,5,11-14,18H2,1-2H3;4-5H,3H2,1-2H3;1-2H3/b21-15-,29-16?;;. The van der Waals surface area contributed by atoms with Crippen molar-refractivity contribution in [2.24, 2.45) is 23.2 Å². The topological polar surface area (TPSA) is 81.4 Å². The zero-order chi connectivity index (χ0) is 28.3. The first kappa shape index (κ1) is 31.7. The third kappa shape index (κ3) is 7.13. The van der Waals surface area contributed by atoms with E-state index < -0.39 is 0 Å². The Kier molecular flexibility index (Phi) is 12.7. The van der Waals surface area contributed by atoms with E-state index in [1.54, 1.807) is 6.08 Å². The molecule has 208 valence electrons. The van der Waals surface area contributed by atoms with Crippen LogP contribution in [-0.4, -0.2) is 35.4 Å². The van der Waals surface area contributed by atoms with Gasteiger partial charge in [-0.2, -0.15) is 0 Å². The first-order chi connectivity index (χ1) is 18.3. The Morgan fingerprint density at radius 3 is 2.37 bits per heavy atom. The summed E-state index contributed by atoms with van der Waals surface area (Å²) in [5.74, 6) is 7.41. The Morgan fingerprint density at radius 1 is 1.16 bits per heavy atom. The summed E-state index contributed by atoms with van der Waals surface area (Å²) >= 11 is 0. The normalized spacial score (nSPS) is 28.6. The molecule has 2 saturated carbocycles. The van der Waals surface area contributed by atoms with Crippen LogP contribution >= 0.6 is 0 Å². The Hall–Kier alpha value is -2.48. The molecule has 4 heteroatoms. The molecule has 5 unspecified atom stereocenters. The number of hydrogen-bond acceptors (Lipinski definition) is 4. The molecule has 0 aliphatic heterocycles. The highest BCUT2D eigenvalue weighted by atomic mass is 16.3. The van der Waals surface area contributed by atoms with Crippen molar-refractivity contribution in [2.75, 3.05) is 6.61 Å². The van der Waals surface area contributed by atoms with Gasteiger partial charge in [-0.3, -0.25) is 10.2 Å². The summed E-state index contributed by atoms with van der Waals surface area (Å²) in [6.45, 7) is 12.8. The summed E-state index contributed by atoms with van der Waals surface area (Å²) in [5.41, 5.74) is 6.31. The highest BCUT2D eigenvalue weighted by Crippen LogP contribution is 2.63. The molecular formula is C34H49NO3. The van der Waals surface area contributed by atoms with Gasteiger partial charge in [-0.25, -0.2) is 0 Å². The van der Waals surface area contributed by atoms with Crippen molar-refractivity contribution in [3.05, 3.63) is 58.2 Å². The monoisotopic (exact) mass is 519 g/mol. The molecule has 1 aromatic carbocycles. The van der Waals surface area contributed by atoms with Crippen molar-refractivity contribution >= 4 is 12.5 Å². The third-order valence-corrected chi connectivity index (χ3v) is 8.46. The lowest BCUT2D eigenvalue weighted by Crippen LogP contribution is -2.44. The molecule has 4 nitrogen and oxygen atoms in total. The number of allylic oxidation sites excluding steroid dienone is 4. The van der Waals surface area contributed by atoms with E-state index in [4.69, 9.17) is 10.5 Å². The number of carbonyl (C=O) groups is 1. The van der Waals surface area contributed by atoms with Crippen molar-refractivity contribution in [3.63, 3.8) is 0 Å². The summed E-state index contributed by atoms with van der Waals surface area (Å²) in [6, 6.07) is 8.45. The smallest absolute Gasteiger partial charge is 0.143 e. The SMILES string of the molecule is CC.CC(C)CO.CCCC1=C2C(c3ccc(C#CC=N)cc3)CC3(C)C(O)CCC3C2CC/C1=C/C=O. The van der Waals surface area contributed by atoms with Crippen molar-refractivity contribution < 1.29 is 15.0 Å². The number of hydrogen-bond donors (Lipinski definition) is 3. The minimum atomic E-state index is -0.235. The maximum atomic E-state index is 11.4. The van der Waals surface area contributed by atoms with Gasteiger partial charge in [-0.1, -0.05) is 77.5 Å². The molecule has 0 saturated heterocycles. The van der Waals surface area contributed by atoms with E-state index >= 15 is 0 Å². The molecule has 0 amide bonds. The first-order valence-corrected chi connectivity index (χ1v) is 14.6. The second-order valence-corrected chi connectivity index (χ2v) is 11.2. The van der Waals surface area contributed by atoms with Crippen molar-refractivity contribution in [1.82, 2.24) is 0 Å². The van der Waals surface area contributed by atoms with Crippen LogP contribution in [0.1, 0.15) is 104 Å². The van der Waals surface area contributed by atoms with Crippen LogP contribution in [0.5, 0.6) is 0 Å². The van der Waals surface area contributed by atoms with Crippen LogP contribution in [0.2, 0.25) is 0 Å². The zero-order valence-corrected chi connectivity index (χ0v) is 24.4. The minimum absolute atomic E-state index is 0.0549. The summed E-state index contributed by atoms with van der Waals surface area (Å²) in [7, 11) is 0. The molecule has 0 radical (unpaired) electrons. The molecule has 0 aromatic heterocycles. The molecule has 0 bridgehead atoms. The summed E-state index contributed by atoms with van der Waals surface area (Å²) in [4.78, 5) is 11.4. The molecule has 1 aromatic rings. The molecule has 3 N–H and O–H groups in total. The molecule has 0 heterocycles. The van der Waals surface area contributed by atoms with E-state index in [1.165, 1.54) is 22.3 Å². The average Bonchev–Trinajstić information content (AvgIpc) is 3.24.